The summed E-state index contributed by atoms with van der Waals surface area (Å²) in [4.78, 5) is 17.8. The van der Waals surface area contributed by atoms with Gasteiger partial charge in [-0.1, -0.05) is 5.16 Å². The molecule has 0 unspecified atom stereocenters. The normalized spacial score (nSPS) is 20.9. The molecule has 94 valence electrons. The van der Waals surface area contributed by atoms with Crippen molar-refractivity contribution in [2.24, 2.45) is 0 Å². The maximum atomic E-state index is 11.6. The molecule has 1 atom stereocenters. The fraction of sp³-hybridized carbons (Fsp3) is 0.727. The van der Waals surface area contributed by atoms with Gasteiger partial charge in [-0.2, -0.15) is 16.7 Å². The van der Waals surface area contributed by atoms with Crippen LogP contribution in [0, 0.1) is 0 Å². The quantitative estimate of drug-likeness (QED) is 0.819. The van der Waals surface area contributed by atoms with Gasteiger partial charge in [0.05, 0.1) is 11.7 Å². The number of hydrogen-bond acceptors (Lipinski definition) is 5. The van der Waals surface area contributed by atoms with Crippen molar-refractivity contribution in [3.8, 4) is 0 Å². The molecule has 1 saturated heterocycles. The molecule has 1 amide bonds. The summed E-state index contributed by atoms with van der Waals surface area (Å²) in [6.45, 7) is 3.45. The Morgan fingerprint density at radius 3 is 3.12 bits per heavy atom. The van der Waals surface area contributed by atoms with E-state index in [2.05, 4.69) is 10.1 Å². The van der Waals surface area contributed by atoms with Crippen LogP contribution in [0.4, 0.5) is 0 Å². The molecule has 5 nitrogen and oxygen atoms in total. The minimum Gasteiger partial charge on any atom is -0.342 e. The Labute approximate surface area is 105 Å². The molecule has 1 fully saturated rings. The van der Waals surface area contributed by atoms with Crippen molar-refractivity contribution in [1.29, 1.82) is 0 Å². The second kappa shape index (κ2) is 5.53. The molecule has 0 spiro atoms. The fourth-order valence-corrected chi connectivity index (χ4v) is 2.42. The highest BCUT2D eigenvalue weighted by Crippen LogP contribution is 2.26. The van der Waals surface area contributed by atoms with E-state index < -0.39 is 0 Å². The van der Waals surface area contributed by atoms with E-state index in [-0.39, 0.29) is 11.8 Å². The highest BCUT2D eigenvalue weighted by Gasteiger charge is 2.29. The van der Waals surface area contributed by atoms with Gasteiger partial charge < -0.3 is 9.42 Å². The van der Waals surface area contributed by atoms with Gasteiger partial charge >= 0.3 is 0 Å². The first-order chi connectivity index (χ1) is 8.24. The van der Waals surface area contributed by atoms with Crippen molar-refractivity contribution in [3.05, 3.63) is 11.7 Å². The van der Waals surface area contributed by atoms with Crippen LogP contribution in [-0.4, -0.2) is 40.3 Å². The fourth-order valence-electron chi connectivity index (χ4n) is 2.04. The van der Waals surface area contributed by atoms with Gasteiger partial charge in [-0.3, -0.25) is 4.79 Å². The SMILES string of the molecule is CCN1C[C@@H](c2nc(CSC)no2)CCC1=O. The van der Waals surface area contributed by atoms with Crippen molar-refractivity contribution < 1.29 is 9.32 Å². The minimum atomic E-state index is 0.204. The molecule has 1 aliphatic heterocycles. The van der Waals surface area contributed by atoms with Crippen LogP contribution in [0.25, 0.3) is 0 Å². The molecular weight excluding hydrogens is 238 g/mol. The lowest BCUT2D eigenvalue weighted by molar-refractivity contribution is -0.133. The highest BCUT2D eigenvalue weighted by atomic mass is 32.2. The molecule has 0 N–H and O–H groups in total. The average molecular weight is 255 g/mol. The van der Waals surface area contributed by atoms with Gasteiger partial charge in [0.1, 0.15) is 0 Å². The van der Waals surface area contributed by atoms with E-state index in [1.54, 1.807) is 11.8 Å². The molecule has 0 saturated carbocycles. The minimum absolute atomic E-state index is 0.204. The van der Waals surface area contributed by atoms with E-state index in [0.29, 0.717) is 18.9 Å². The number of carbonyl (C=O) groups excluding carboxylic acids is 1. The van der Waals surface area contributed by atoms with Gasteiger partial charge in [0, 0.05) is 19.5 Å². The molecular formula is C11H17N3O2S. The van der Waals surface area contributed by atoms with Gasteiger partial charge in [0.2, 0.25) is 11.8 Å². The number of likely N-dealkylation sites (tertiary alicyclic amines) is 1. The maximum Gasteiger partial charge on any atom is 0.231 e. The summed E-state index contributed by atoms with van der Waals surface area (Å²) < 4.78 is 5.27. The second-order valence-electron chi connectivity index (χ2n) is 4.15. The maximum absolute atomic E-state index is 11.6. The van der Waals surface area contributed by atoms with Crippen LogP contribution in [0.5, 0.6) is 0 Å². The zero-order chi connectivity index (χ0) is 12.3. The van der Waals surface area contributed by atoms with Gasteiger partial charge in [0.25, 0.3) is 0 Å². The topological polar surface area (TPSA) is 59.2 Å². The van der Waals surface area contributed by atoms with Gasteiger partial charge in [-0.15, -0.1) is 0 Å². The molecule has 1 aliphatic rings. The number of piperidine rings is 1. The molecule has 0 aliphatic carbocycles. The standard InChI is InChI=1S/C11H17N3O2S/c1-3-14-6-8(4-5-10(14)15)11-12-9(7-17-2)13-16-11/h8H,3-7H2,1-2H3/t8-/m0/s1. The first kappa shape index (κ1) is 12.4. The molecule has 0 aromatic carbocycles. The zero-order valence-electron chi connectivity index (χ0n) is 10.2. The summed E-state index contributed by atoms with van der Waals surface area (Å²) in [5.41, 5.74) is 0. The van der Waals surface area contributed by atoms with Crippen LogP contribution < -0.4 is 0 Å². The number of carbonyl (C=O) groups is 1. The number of amides is 1. The summed E-state index contributed by atoms with van der Waals surface area (Å²) in [7, 11) is 0. The number of rotatable bonds is 4. The van der Waals surface area contributed by atoms with Crippen molar-refractivity contribution in [2.45, 2.75) is 31.4 Å². The molecule has 1 aromatic heterocycles. The van der Waals surface area contributed by atoms with Crippen molar-refractivity contribution in [2.75, 3.05) is 19.3 Å². The molecule has 0 radical (unpaired) electrons. The Bertz CT molecular complexity index is 394. The molecule has 2 heterocycles. The summed E-state index contributed by atoms with van der Waals surface area (Å²) in [6, 6.07) is 0. The van der Waals surface area contributed by atoms with E-state index in [9.17, 15) is 4.79 Å². The lowest BCUT2D eigenvalue weighted by atomic mass is 9.97. The molecule has 1 aromatic rings. The Morgan fingerprint density at radius 2 is 2.41 bits per heavy atom. The molecule has 2 rings (SSSR count). The zero-order valence-corrected chi connectivity index (χ0v) is 11.0. The summed E-state index contributed by atoms with van der Waals surface area (Å²) >= 11 is 1.67. The van der Waals surface area contributed by atoms with E-state index in [1.165, 1.54) is 0 Å². The Kier molecular flexibility index (Phi) is 4.04. The summed E-state index contributed by atoms with van der Waals surface area (Å²) in [5.74, 6) is 2.63. The number of hydrogen-bond donors (Lipinski definition) is 0. The Balaban J connectivity index is 2.04. The van der Waals surface area contributed by atoms with Crippen molar-refractivity contribution >= 4 is 17.7 Å². The van der Waals surface area contributed by atoms with E-state index in [1.807, 2.05) is 18.1 Å². The Hall–Kier alpha value is -1.04. The lowest BCUT2D eigenvalue weighted by Crippen LogP contribution is -2.38. The first-order valence-corrected chi connectivity index (χ1v) is 7.23. The summed E-state index contributed by atoms with van der Waals surface area (Å²) in [5, 5.41) is 3.94. The van der Waals surface area contributed by atoms with E-state index in [0.717, 1.165) is 24.5 Å². The third kappa shape index (κ3) is 2.80. The van der Waals surface area contributed by atoms with Gasteiger partial charge in [0.15, 0.2) is 5.82 Å². The van der Waals surface area contributed by atoms with Gasteiger partial charge in [-0.25, -0.2) is 0 Å². The van der Waals surface area contributed by atoms with Crippen LogP contribution in [0.2, 0.25) is 0 Å². The second-order valence-corrected chi connectivity index (χ2v) is 5.02. The third-order valence-electron chi connectivity index (χ3n) is 2.99. The molecule has 0 bridgehead atoms. The van der Waals surface area contributed by atoms with Gasteiger partial charge in [-0.05, 0) is 19.6 Å². The largest absolute Gasteiger partial charge is 0.342 e. The lowest BCUT2D eigenvalue weighted by Gasteiger charge is -2.29. The van der Waals surface area contributed by atoms with Crippen molar-refractivity contribution in [1.82, 2.24) is 15.0 Å². The predicted octanol–water partition coefficient (Wildman–Crippen LogP) is 1.66. The number of thioether (sulfide) groups is 1. The van der Waals surface area contributed by atoms with Crippen molar-refractivity contribution in [3.63, 3.8) is 0 Å². The average Bonchev–Trinajstić information content (AvgIpc) is 2.79. The highest BCUT2D eigenvalue weighted by molar-refractivity contribution is 7.97. The van der Waals surface area contributed by atoms with E-state index >= 15 is 0 Å². The number of likely N-dealkylation sites (N-methyl/N-ethyl adjacent to an activating group) is 1. The predicted molar refractivity (Wildman–Crippen MR) is 65.7 cm³/mol. The third-order valence-corrected chi connectivity index (χ3v) is 3.54. The van der Waals surface area contributed by atoms with Crippen LogP contribution in [0.15, 0.2) is 4.52 Å². The van der Waals surface area contributed by atoms with E-state index in [4.69, 9.17) is 4.52 Å². The van der Waals surface area contributed by atoms with Crippen LogP contribution >= 0.6 is 11.8 Å². The number of aromatic nitrogens is 2. The van der Waals surface area contributed by atoms with Crippen LogP contribution in [-0.2, 0) is 10.5 Å². The smallest absolute Gasteiger partial charge is 0.231 e. The summed E-state index contributed by atoms with van der Waals surface area (Å²) in [6.07, 6.45) is 3.41. The Morgan fingerprint density at radius 1 is 1.59 bits per heavy atom. The number of nitrogens with zero attached hydrogens (tertiary/aromatic N) is 3. The molecule has 6 heteroatoms. The monoisotopic (exact) mass is 255 g/mol. The molecule has 17 heavy (non-hydrogen) atoms. The first-order valence-electron chi connectivity index (χ1n) is 5.83. The van der Waals surface area contributed by atoms with Crippen LogP contribution in [0.3, 0.4) is 0 Å². The van der Waals surface area contributed by atoms with Crippen LogP contribution in [0.1, 0.15) is 37.4 Å².